The highest BCUT2D eigenvalue weighted by atomic mass is 16.6. The predicted molar refractivity (Wildman–Crippen MR) is 224 cm³/mol. The van der Waals surface area contributed by atoms with Crippen molar-refractivity contribution in [2.45, 2.75) is 232 Å². The molecule has 6 heteroatoms. The van der Waals surface area contributed by atoms with Crippen LogP contribution in [0, 0.1) is 0 Å². The van der Waals surface area contributed by atoms with E-state index in [-0.39, 0.29) is 37.5 Å². The molecule has 0 radical (unpaired) electrons. The van der Waals surface area contributed by atoms with Gasteiger partial charge in [-0.05, 0) is 57.8 Å². The lowest BCUT2D eigenvalue weighted by Crippen LogP contribution is -2.30. The van der Waals surface area contributed by atoms with Crippen molar-refractivity contribution in [1.82, 2.24) is 0 Å². The van der Waals surface area contributed by atoms with Crippen LogP contribution in [-0.2, 0) is 28.6 Å². The van der Waals surface area contributed by atoms with Crippen LogP contribution in [0.1, 0.15) is 226 Å². The van der Waals surface area contributed by atoms with Crippen molar-refractivity contribution in [3.05, 3.63) is 36.5 Å². The minimum Gasteiger partial charge on any atom is -0.462 e. The van der Waals surface area contributed by atoms with Gasteiger partial charge < -0.3 is 14.2 Å². The molecule has 1 atom stereocenters. The van der Waals surface area contributed by atoms with Gasteiger partial charge in [0.1, 0.15) is 13.2 Å². The average Bonchev–Trinajstić information content (AvgIpc) is 3.15. The molecule has 0 aliphatic rings. The van der Waals surface area contributed by atoms with Crippen LogP contribution in [0.2, 0.25) is 0 Å². The van der Waals surface area contributed by atoms with Crippen molar-refractivity contribution in [2.75, 3.05) is 13.2 Å². The van der Waals surface area contributed by atoms with Gasteiger partial charge in [-0.25, -0.2) is 0 Å². The molecule has 0 bridgehead atoms. The van der Waals surface area contributed by atoms with E-state index in [2.05, 4.69) is 51.2 Å². The number of carbonyl (C=O) groups is 3. The van der Waals surface area contributed by atoms with Gasteiger partial charge in [-0.15, -0.1) is 0 Å². The summed E-state index contributed by atoms with van der Waals surface area (Å²) in [6, 6.07) is 0. The third kappa shape index (κ3) is 40.6. The molecule has 0 aliphatic carbocycles. The minimum absolute atomic E-state index is 0.0934. The maximum atomic E-state index is 12.7. The SMILES string of the molecule is CCCC/C=C\CCCCCCC(=O)OCC(COC(=O)CC/C=C\C/C=C\CCCCCCCC)OC(=O)CCCCCCCCCCCCCC. The van der Waals surface area contributed by atoms with Gasteiger partial charge in [0.25, 0.3) is 0 Å². The highest BCUT2D eigenvalue weighted by molar-refractivity contribution is 5.71. The number of allylic oxidation sites excluding steroid dienone is 6. The van der Waals surface area contributed by atoms with Crippen molar-refractivity contribution in [3.63, 3.8) is 0 Å². The van der Waals surface area contributed by atoms with Crippen LogP contribution in [0.4, 0.5) is 0 Å². The largest absolute Gasteiger partial charge is 0.462 e. The molecule has 0 aromatic carbocycles. The number of hydrogen-bond acceptors (Lipinski definition) is 6. The summed E-state index contributed by atoms with van der Waals surface area (Å²) in [7, 11) is 0. The second-order valence-corrected chi connectivity index (χ2v) is 15.0. The Kier molecular flexibility index (Phi) is 40.5. The number of esters is 3. The van der Waals surface area contributed by atoms with E-state index in [9.17, 15) is 14.4 Å². The first-order valence-electron chi connectivity index (χ1n) is 22.5. The third-order valence-electron chi connectivity index (χ3n) is 9.63. The quantitative estimate of drug-likeness (QED) is 0.0269. The van der Waals surface area contributed by atoms with Crippen molar-refractivity contribution >= 4 is 17.9 Å². The summed E-state index contributed by atoms with van der Waals surface area (Å²) in [5.41, 5.74) is 0. The second-order valence-electron chi connectivity index (χ2n) is 15.0. The molecule has 0 fully saturated rings. The van der Waals surface area contributed by atoms with Crippen molar-refractivity contribution in [3.8, 4) is 0 Å². The standard InChI is InChI=1S/C47H84O6/c1-4-7-10-13-16-19-22-24-26-28-31-34-37-40-46(49)52-43-44(42-51-45(48)39-36-33-30-27-21-18-15-12-9-6-3)53-47(50)41-38-35-32-29-25-23-20-17-14-11-8-5-2/h15,18,24,26,31,34,44H,4-14,16-17,19-23,25,27-30,32-33,35-43H2,1-3H3/b18-15-,26-24-,34-31-. The van der Waals surface area contributed by atoms with E-state index in [4.69, 9.17) is 14.2 Å². The lowest BCUT2D eigenvalue weighted by atomic mass is 10.0. The maximum absolute atomic E-state index is 12.7. The first-order chi connectivity index (χ1) is 26.0. The smallest absolute Gasteiger partial charge is 0.306 e. The van der Waals surface area contributed by atoms with E-state index in [1.54, 1.807) is 0 Å². The topological polar surface area (TPSA) is 78.9 Å². The van der Waals surface area contributed by atoms with E-state index < -0.39 is 6.10 Å². The van der Waals surface area contributed by atoms with E-state index in [1.807, 2.05) is 6.08 Å². The van der Waals surface area contributed by atoms with Gasteiger partial charge in [-0.3, -0.25) is 14.4 Å². The number of ether oxygens (including phenoxy) is 3. The fourth-order valence-electron chi connectivity index (χ4n) is 6.18. The molecule has 0 aromatic heterocycles. The van der Waals surface area contributed by atoms with E-state index >= 15 is 0 Å². The van der Waals surface area contributed by atoms with Crippen LogP contribution in [0.5, 0.6) is 0 Å². The Bertz CT molecular complexity index is 907. The molecule has 0 aromatic rings. The van der Waals surface area contributed by atoms with Crippen LogP contribution in [-0.4, -0.2) is 37.2 Å². The Hall–Kier alpha value is -2.37. The van der Waals surface area contributed by atoms with Crippen LogP contribution in [0.15, 0.2) is 36.5 Å². The van der Waals surface area contributed by atoms with Crippen molar-refractivity contribution < 1.29 is 28.6 Å². The molecule has 0 heterocycles. The predicted octanol–water partition coefficient (Wildman–Crippen LogP) is 14.2. The summed E-state index contributed by atoms with van der Waals surface area (Å²) >= 11 is 0. The zero-order chi connectivity index (χ0) is 38.7. The fourth-order valence-corrected chi connectivity index (χ4v) is 6.18. The molecule has 308 valence electrons. The van der Waals surface area contributed by atoms with Gasteiger partial charge >= 0.3 is 17.9 Å². The first-order valence-corrected chi connectivity index (χ1v) is 22.5. The molecular weight excluding hydrogens is 661 g/mol. The number of hydrogen-bond donors (Lipinski definition) is 0. The molecule has 0 rings (SSSR count). The summed E-state index contributed by atoms with van der Waals surface area (Å²) in [4.78, 5) is 37.6. The van der Waals surface area contributed by atoms with Gasteiger partial charge in [-0.2, -0.15) is 0 Å². The average molecular weight is 745 g/mol. The Morgan fingerprint density at radius 3 is 1.23 bits per heavy atom. The van der Waals surface area contributed by atoms with E-state index in [0.717, 1.165) is 70.6 Å². The molecule has 0 spiro atoms. The summed E-state index contributed by atoms with van der Waals surface area (Å²) in [5, 5.41) is 0. The monoisotopic (exact) mass is 745 g/mol. The molecule has 0 N–H and O–H groups in total. The molecule has 0 saturated heterocycles. The highest BCUT2D eigenvalue weighted by Gasteiger charge is 2.19. The van der Waals surface area contributed by atoms with Gasteiger partial charge in [0.15, 0.2) is 6.10 Å². The zero-order valence-electron chi connectivity index (χ0n) is 35.0. The molecular formula is C47H84O6. The Morgan fingerprint density at radius 2 is 0.736 bits per heavy atom. The van der Waals surface area contributed by atoms with Gasteiger partial charge in [0, 0.05) is 19.3 Å². The van der Waals surface area contributed by atoms with E-state index in [0.29, 0.717) is 19.3 Å². The highest BCUT2D eigenvalue weighted by Crippen LogP contribution is 2.14. The fraction of sp³-hybridized carbons (Fsp3) is 0.809. The lowest BCUT2D eigenvalue weighted by molar-refractivity contribution is -0.166. The molecule has 6 nitrogen and oxygen atoms in total. The number of carbonyl (C=O) groups excluding carboxylic acids is 3. The van der Waals surface area contributed by atoms with Gasteiger partial charge in [0.2, 0.25) is 0 Å². The van der Waals surface area contributed by atoms with Gasteiger partial charge in [0.05, 0.1) is 0 Å². The summed E-state index contributed by atoms with van der Waals surface area (Å²) in [6.45, 7) is 6.51. The Morgan fingerprint density at radius 1 is 0.377 bits per heavy atom. The minimum atomic E-state index is -0.792. The van der Waals surface area contributed by atoms with Crippen molar-refractivity contribution in [1.29, 1.82) is 0 Å². The summed E-state index contributed by atoms with van der Waals surface area (Å²) in [5.74, 6) is -0.976. The molecule has 0 aliphatic heterocycles. The molecule has 0 amide bonds. The van der Waals surface area contributed by atoms with Crippen LogP contribution in [0.3, 0.4) is 0 Å². The summed E-state index contributed by atoms with van der Waals surface area (Å²) in [6.07, 6.45) is 47.1. The Labute approximate surface area is 327 Å². The van der Waals surface area contributed by atoms with Gasteiger partial charge in [-0.1, -0.05) is 186 Å². The van der Waals surface area contributed by atoms with Crippen LogP contribution < -0.4 is 0 Å². The number of unbranched alkanes of at least 4 members (excludes halogenated alkanes) is 23. The second kappa shape index (κ2) is 42.4. The lowest BCUT2D eigenvalue weighted by Gasteiger charge is -2.18. The van der Waals surface area contributed by atoms with Crippen LogP contribution >= 0.6 is 0 Å². The zero-order valence-corrected chi connectivity index (χ0v) is 35.0. The first kappa shape index (κ1) is 50.6. The summed E-state index contributed by atoms with van der Waals surface area (Å²) < 4.78 is 16.6. The van der Waals surface area contributed by atoms with E-state index in [1.165, 1.54) is 109 Å². The number of rotatable bonds is 40. The molecule has 53 heavy (non-hydrogen) atoms. The Balaban J connectivity index is 4.44. The van der Waals surface area contributed by atoms with Crippen LogP contribution in [0.25, 0.3) is 0 Å². The molecule has 1 unspecified atom stereocenters. The maximum Gasteiger partial charge on any atom is 0.306 e. The normalized spacial score (nSPS) is 12.3. The molecule has 0 saturated carbocycles. The van der Waals surface area contributed by atoms with Crippen molar-refractivity contribution in [2.24, 2.45) is 0 Å². The third-order valence-corrected chi connectivity index (χ3v) is 9.63.